The number of benzene rings is 2. The van der Waals surface area contributed by atoms with E-state index in [1.807, 2.05) is 31.2 Å². The highest BCUT2D eigenvalue weighted by Crippen LogP contribution is 2.22. The van der Waals surface area contributed by atoms with E-state index >= 15 is 0 Å². The van der Waals surface area contributed by atoms with Crippen LogP contribution in [0.4, 0.5) is 0 Å². The van der Waals surface area contributed by atoms with Gasteiger partial charge in [-0.1, -0.05) is 36.4 Å². The molecule has 3 rings (SSSR count). The van der Waals surface area contributed by atoms with E-state index < -0.39 is 0 Å². The SMILES string of the molecule is Cc1c(C(=O)Cn2ccnc2)ccc2ccccc12. The first kappa shape index (κ1) is 11.7. The van der Waals surface area contributed by atoms with Crippen molar-refractivity contribution in [3.63, 3.8) is 0 Å². The average Bonchev–Trinajstić information content (AvgIpc) is 2.92. The topological polar surface area (TPSA) is 34.9 Å². The summed E-state index contributed by atoms with van der Waals surface area (Å²) in [5.74, 6) is 0.112. The van der Waals surface area contributed by atoms with Gasteiger partial charge in [0, 0.05) is 18.0 Å². The number of aromatic nitrogens is 2. The van der Waals surface area contributed by atoms with Crippen molar-refractivity contribution in [2.45, 2.75) is 13.5 Å². The van der Waals surface area contributed by atoms with Gasteiger partial charge in [-0.25, -0.2) is 4.98 Å². The lowest BCUT2D eigenvalue weighted by atomic mass is 9.97. The summed E-state index contributed by atoms with van der Waals surface area (Å²) in [7, 11) is 0. The molecule has 0 unspecified atom stereocenters. The number of imidazole rings is 1. The molecule has 1 heterocycles. The van der Waals surface area contributed by atoms with Crippen molar-refractivity contribution in [2.24, 2.45) is 0 Å². The molecule has 0 amide bonds. The fraction of sp³-hybridized carbons (Fsp3) is 0.125. The molecule has 0 aliphatic heterocycles. The van der Waals surface area contributed by atoms with Gasteiger partial charge in [-0.15, -0.1) is 0 Å². The Hall–Kier alpha value is -2.42. The van der Waals surface area contributed by atoms with Crippen LogP contribution in [-0.4, -0.2) is 15.3 Å². The van der Waals surface area contributed by atoms with E-state index in [9.17, 15) is 4.79 Å². The third kappa shape index (κ3) is 2.15. The van der Waals surface area contributed by atoms with Gasteiger partial charge in [-0.3, -0.25) is 4.79 Å². The van der Waals surface area contributed by atoms with Crippen molar-refractivity contribution in [1.82, 2.24) is 9.55 Å². The molecular weight excluding hydrogens is 236 g/mol. The lowest BCUT2D eigenvalue weighted by Gasteiger charge is -2.09. The molecule has 3 aromatic rings. The number of hydrogen-bond donors (Lipinski definition) is 0. The van der Waals surface area contributed by atoms with Crippen LogP contribution < -0.4 is 0 Å². The Morgan fingerprint density at radius 2 is 2.05 bits per heavy atom. The highest BCUT2D eigenvalue weighted by molar-refractivity contribution is 6.02. The maximum absolute atomic E-state index is 12.3. The van der Waals surface area contributed by atoms with Crippen LogP contribution in [0.2, 0.25) is 0 Å². The van der Waals surface area contributed by atoms with Gasteiger partial charge in [0.1, 0.15) is 0 Å². The Labute approximate surface area is 111 Å². The molecule has 19 heavy (non-hydrogen) atoms. The van der Waals surface area contributed by atoms with Crippen LogP contribution in [0.1, 0.15) is 15.9 Å². The minimum Gasteiger partial charge on any atom is -0.330 e. The zero-order valence-electron chi connectivity index (χ0n) is 10.7. The van der Waals surface area contributed by atoms with Crippen molar-refractivity contribution in [3.8, 4) is 0 Å². The summed E-state index contributed by atoms with van der Waals surface area (Å²) in [6, 6.07) is 12.0. The molecule has 0 N–H and O–H groups in total. The molecule has 1 aromatic heterocycles. The zero-order chi connectivity index (χ0) is 13.2. The Kier molecular flexibility index (Phi) is 2.88. The fourth-order valence-corrected chi connectivity index (χ4v) is 2.36. The average molecular weight is 250 g/mol. The van der Waals surface area contributed by atoms with Gasteiger partial charge in [-0.05, 0) is 23.3 Å². The van der Waals surface area contributed by atoms with Gasteiger partial charge in [0.2, 0.25) is 0 Å². The van der Waals surface area contributed by atoms with E-state index in [0.29, 0.717) is 6.54 Å². The predicted octanol–water partition coefficient (Wildman–Crippen LogP) is 3.23. The van der Waals surface area contributed by atoms with Gasteiger partial charge in [0.15, 0.2) is 5.78 Å². The molecule has 3 heteroatoms. The molecule has 0 atom stereocenters. The molecular formula is C16H14N2O. The van der Waals surface area contributed by atoms with Gasteiger partial charge in [0.25, 0.3) is 0 Å². The van der Waals surface area contributed by atoms with Gasteiger partial charge in [-0.2, -0.15) is 0 Å². The highest BCUT2D eigenvalue weighted by Gasteiger charge is 2.11. The van der Waals surface area contributed by atoms with E-state index in [4.69, 9.17) is 0 Å². The molecule has 0 bridgehead atoms. The summed E-state index contributed by atoms with van der Waals surface area (Å²) in [4.78, 5) is 16.3. The molecule has 0 fully saturated rings. The Morgan fingerprint density at radius 3 is 2.84 bits per heavy atom. The number of carbonyl (C=O) groups excluding carboxylic acids is 1. The fourth-order valence-electron chi connectivity index (χ4n) is 2.36. The zero-order valence-corrected chi connectivity index (χ0v) is 10.7. The number of fused-ring (bicyclic) bond motifs is 1. The predicted molar refractivity (Wildman–Crippen MR) is 75.2 cm³/mol. The van der Waals surface area contributed by atoms with Crippen LogP contribution >= 0.6 is 0 Å². The van der Waals surface area contributed by atoms with Crippen LogP contribution in [0.3, 0.4) is 0 Å². The minimum absolute atomic E-state index is 0.112. The van der Waals surface area contributed by atoms with Crippen LogP contribution in [0.15, 0.2) is 55.1 Å². The van der Waals surface area contributed by atoms with Crippen molar-refractivity contribution in [3.05, 3.63) is 66.2 Å². The van der Waals surface area contributed by atoms with E-state index in [0.717, 1.165) is 16.5 Å². The van der Waals surface area contributed by atoms with Crippen LogP contribution in [0.25, 0.3) is 10.8 Å². The number of nitrogens with zero attached hydrogens (tertiary/aromatic N) is 2. The van der Waals surface area contributed by atoms with E-state index in [2.05, 4.69) is 17.1 Å². The van der Waals surface area contributed by atoms with E-state index in [-0.39, 0.29) is 5.78 Å². The van der Waals surface area contributed by atoms with Crippen molar-refractivity contribution in [2.75, 3.05) is 0 Å². The lowest BCUT2D eigenvalue weighted by Crippen LogP contribution is -2.10. The number of aryl methyl sites for hydroxylation is 1. The molecule has 3 nitrogen and oxygen atoms in total. The molecule has 0 spiro atoms. The van der Waals surface area contributed by atoms with Crippen LogP contribution in [0, 0.1) is 6.92 Å². The second-order valence-electron chi connectivity index (χ2n) is 4.62. The highest BCUT2D eigenvalue weighted by atomic mass is 16.1. The summed E-state index contributed by atoms with van der Waals surface area (Å²) in [5.41, 5.74) is 1.83. The molecule has 0 saturated heterocycles. The smallest absolute Gasteiger partial charge is 0.182 e. The van der Waals surface area contributed by atoms with Crippen LogP contribution in [0.5, 0.6) is 0 Å². The lowest BCUT2D eigenvalue weighted by molar-refractivity contribution is 0.0971. The first-order valence-electron chi connectivity index (χ1n) is 6.23. The normalized spacial score (nSPS) is 10.8. The summed E-state index contributed by atoms with van der Waals surface area (Å²) >= 11 is 0. The largest absolute Gasteiger partial charge is 0.330 e. The summed E-state index contributed by atoms with van der Waals surface area (Å²) in [5, 5.41) is 2.30. The number of Topliss-reactive ketones (excluding diaryl/α,β-unsaturated/α-hetero) is 1. The number of rotatable bonds is 3. The summed E-state index contributed by atoms with van der Waals surface area (Å²) in [6.45, 7) is 2.34. The second kappa shape index (κ2) is 4.69. The third-order valence-corrected chi connectivity index (χ3v) is 3.38. The Balaban J connectivity index is 2.01. The maximum atomic E-state index is 12.3. The Morgan fingerprint density at radius 1 is 1.21 bits per heavy atom. The number of hydrogen-bond acceptors (Lipinski definition) is 2. The first-order valence-corrected chi connectivity index (χ1v) is 6.23. The summed E-state index contributed by atoms with van der Waals surface area (Å²) in [6.07, 6.45) is 5.14. The van der Waals surface area contributed by atoms with Crippen molar-refractivity contribution < 1.29 is 4.79 Å². The Bertz CT molecular complexity index is 730. The quantitative estimate of drug-likeness (QED) is 0.669. The van der Waals surface area contributed by atoms with Gasteiger partial charge >= 0.3 is 0 Å². The summed E-state index contributed by atoms with van der Waals surface area (Å²) < 4.78 is 1.79. The maximum Gasteiger partial charge on any atom is 0.182 e. The van der Waals surface area contributed by atoms with Crippen molar-refractivity contribution >= 4 is 16.6 Å². The van der Waals surface area contributed by atoms with E-state index in [1.54, 1.807) is 23.3 Å². The molecule has 94 valence electrons. The molecule has 0 aliphatic carbocycles. The molecule has 2 aromatic carbocycles. The minimum atomic E-state index is 0.112. The van der Waals surface area contributed by atoms with Crippen molar-refractivity contribution in [1.29, 1.82) is 0 Å². The third-order valence-electron chi connectivity index (χ3n) is 3.38. The monoisotopic (exact) mass is 250 g/mol. The number of carbonyl (C=O) groups is 1. The van der Waals surface area contributed by atoms with Gasteiger partial charge < -0.3 is 4.57 Å². The first-order chi connectivity index (χ1) is 9.25. The number of ketones is 1. The van der Waals surface area contributed by atoms with E-state index in [1.165, 1.54) is 5.39 Å². The standard InChI is InChI=1S/C16H14N2O/c1-12-14-5-3-2-4-13(14)6-7-15(12)16(19)10-18-9-8-17-11-18/h2-9,11H,10H2,1H3. The van der Waals surface area contributed by atoms with Gasteiger partial charge in [0.05, 0.1) is 12.9 Å². The molecule has 0 radical (unpaired) electrons. The van der Waals surface area contributed by atoms with Crippen LogP contribution in [-0.2, 0) is 6.54 Å². The molecule has 0 saturated carbocycles. The second-order valence-corrected chi connectivity index (χ2v) is 4.62. The molecule has 0 aliphatic rings.